The topological polar surface area (TPSA) is 38.9 Å². The Morgan fingerprint density at radius 1 is 1.05 bits per heavy atom. The summed E-state index contributed by atoms with van der Waals surface area (Å²) in [5.41, 5.74) is 2.80. The lowest BCUT2D eigenvalue weighted by atomic mass is 10.2. The Bertz CT molecular complexity index is 661. The summed E-state index contributed by atoms with van der Waals surface area (Å²) in [4.78, 5) is 8.39. The number of aromatic nitrogens is 2. The van der Waals surface area contributed by atoms with E-state index in [4.69, 9.17) is 16.0 Å². The van der Waals surface area contributed by atoms with Crippen molar-refractivity contribution in [1.29, 1.82) is 0 Å². The van der Waals surface area contributed by atoms with Crippen molar-refractivity contribution < 1.29 is 4.42 Å². The van der Waals surface area contributed by atoms with Crippen LogP contribution < -0.4 is 0 Å². The van der Waals surface area contributed by atoms with Crippen LogP contribution in [0.3, 0.4) is 0 Å². The van der Waals surface area contributed by atoms with Crippen LogP contribution in [0.2, 0.25) is 5.02 Å². The van der Waals surface area contributed by atoms with E-state index in [9.17, 15) is 0 Å². The summed E-state index contributed by atoms with van der Waals surface area (Å²) < 4.78 is 5.78. The van der Waals surface area contributed by atoms with Crippen LogP contribution in [0.4, 0.5) is 0 Å². The summed E-state index contributed by atoms with van der Waals surface area (Å²) in [6.45, 7) is 2.00. The normalized spacial score (nSPS) is 10.6. The third kappa shape index (κ3) is 2.25. The van der Waals surface area contributed by atoms with E-state index in [1.807, 2.05) is 37.3 Å². The van der Waals surface area contributed by atoms with Gasteiger partial charge in [-0.15, -0.1) is 0 Å². The molecule has 3 nitrogen and oxygen atoms in total. The molecule has 0 saturated carbocycles. The second-order valence-electron chi connectivity index (χ2n) is 4.20. The highest BCUT2D eigenvalue weighted by Crippen LogP contribution is 2.31. The van der Waals surface area contributed by atoms with E-state index in [1.165, 1.54) is 0 Å². The van der Waals surface area contributed by atoms with Gasteiger partial charge in [0.1, 0.15) is 0 Å². The van der Waals surface area contributed by atoms with E-state index in [2.05, 4.69) is 9.97 Å². The van der Waals surface area contributed by atoms with Crippen molar-refractivity contribution in [3.63, 3.8) is 0 Å². The zero-order valence-corrected chi connectivity index (χ0v) is 11.1. The van der Waals surface area contributed by atoms with Gasteiger partial charge in [0.2, 0.25) is 5.89 Å². The summed E-state index contributed by atoms with van der Waals surface area (Å²) in [5.74, 6) is 1.21. The number of hydrogen-bond donors (Lipinski definition) is 0. The second kappa shape index (κ2) is 4.86. The summed E-state index contributed by atoms with van der Waals surface area (Å²) >= 11 is 6.15. The Balaban J connectivity index is 2.06. The van der Waals surface area contributed by atoms with Gasteiger partial charge in [0.15, 0.2) is 5.76 Å². The minimum Gasteiger partial charge on any atom is -0.436 e. The first kappa shape index (κ1) is 11.9. The molecule has 0 atom stereocenters. The van der Waals surface area contributed by atoms with Crippen LogP contribution in [0.25, 0.3) is 22.8 Å². The number of rotatable bonds is 2. The average molecular weight is 271 g/mol. The largest absolute Gasteiger partial charge is 0.436 e. The molecule has 94 valence electrons. The monoisotopic (exact) mass is 270 g/mol. The SMILES string of the molecule is Cc1ccncc1-c1ncc(-c2ccccc2Cl)o1. The third-order valence-corrected chi connectivity index (χ3v) is 3.24. The number of aryl methyl sites for hydroxylation is 1. The lowest BCUT2D eigenvalue weighted by molar-refractivity contribution is 0.588. The van der Waals surface area contributed by atoms with E-state index >= 15 is 0 Å². The summed E-state index contributed by atoms with van der Waals surface area (Å²) in [7, 11) is 0. The number of benzene rings is 1. The molecular weight excluding hydrogens is 260 g/mol. The van der Waals surface area contributed by atoms with E-state index in [-0.39, 0.29) is 0 Å². The van der Waals surface area contributed by atoms with Crippen LogP contribution in [-0.2, 0) is 0 Å². The summed E-state index contributed by atoms with van der Waals surface area (Å²) in [5, 5.41) is 0.646. The quantitative estimate of drug-likeness (QED) is 0.694. The van der Waals surface area contributed by atoms with Gasteiger partial charge < -0.3 is 4.42 Å². The zero-order chi connectivity index (χ0) is 13.2. The molecule has 0 fully saturated rings. The molecule has 3 rings (SSSR count). The van der Waals surface area contributed by atoms with Crippen LogP contribution in [0.1, 0.15) is 5.56 Å². The first-order valence-electron chi connectivity index (χ1n) is 5.87. The highest BCUT2D eigenvalue weighted by molar-refractivity contribution is 6.33. The van der Waals surface area contributed by atoms with Crippen LogP contribution in [0, 0.1) is 6.92 Å². The molecule has 0 saturated heterocycles. The maximum absolute atomic E-state index is 6.15. The van der Waals surface area contributed by atoms with Crippen molar-refractivity contribution in [1.82, 2.24) is 9.97 Å². The predicted octanol–water partition coefficient (Wildman–Crippen LogP) is 4.37. The van der Waals surface area contributed by atoms with E-state index in [1.54, 1.807) is 18.6 Å². The molecule has 1 aromatic carbocycles. The van der Waals surface area contributed by atoms with Crippen LogP contribution in [0.5, 0.6) is 0 Å². The number of oxazole rings is 1. The summed E-state index contributed by atoms with van der Waals surface area (Å²) in [6, 6.07) is 9.46. The minimum absolute atomic E-state index is 0.556. The fourth-order valence-corrected chi connectivity index (χ4v) is 2.10. The second-order valence-corrected chi connectivity index (χ2v) is 4.61. The Kier molecular flexibility index (Phi) is 3.05. The first-order chi connectivity index (χ1) is 9.25. The highest BCUT2D eigenvalue weighted by Gasteiger charge is 2.12. The predicted molar refractivity (Wildman–Crippen MR) is 74.9 cm³/mol. The zero-order valence-electron chi connectivity index (χ0n) is 10.3. The van der Waals surface area contributed by atoms with Crippen molar-refractivity contribution in [2.24, 2.45) is 0 Å². The fraction of sp³-hybridized carbons (Fsp3) is 0.0667. The number of hydrogen-bond acceptors (Lipinski definition) is 3. The van der Waals surface area contributed by atoms with Crippen LogP contribution in [0.15, 0.2) is 53.3 Å². The van der Waals surface area contributed by atoms with Gasteiger partial charge in [-0.05, 0) is 30.7 Å². The van der Waals surface area contributed by atoms with Crippen molar-refractivity contribution in [2.45, 2.75) is 6.92 Å². The molecule has 19 heavy (non-hydrogen) atoms. The fourth-order valence-electron chi connectivity index (χ4n) is 1.87. The smallest absolute Gasteiger partial charge is 0.228 e. The maximum atomic E-state index is 6.15. The number of pyridine rings is 1. The molecule has 0 aliphatic heterocycles. The molecule has 0 aliphatic rings. The molecule has 0 aliphatic carbocycles. The maximum Gasteiger partial charge on any atom is 0.228 e. The average Bonchev–Trinajstić information content (AvgIpc) is 2.89. The van der Waals surface area contributed by atoms with Crippen LogP contribution >= 0.6 is 11.6 Å². The third-order valence-electron chi connectivity index (χ3n) is 2.91. The van der Waals surface area contributed by atoms with Gasteiger partial charge >= 0.3 is 0 Å². The molecule has 0 amide bonds. The molecule has 2 aromatic heterocycles. The molecule has 0 unspecified atom stereocenters. The molecule has 0 N–H and O–H groups in total. The standard InChI is InChI=1S/C15H11ClN2O/c1-10-6-7-17-8-12(10)15-18-9-14(19-15)11-4-2-3-5-13(11)16/h2-9H,1H3. The molecule has 4 heteroatoms. The van der Waals surface area contributed by atoms with Gasteiger partial charge in [0.05, 0.1) is 16.8 Å². The van der Waals surface area contributed by atoms with E-state index in [0.717, 1.165) is 16.7 Å². The Labute approximate surface area is 115 Å². The molecule has 0 radical (unpaired) electrons. The van der Waals surface area contributed by atoms with Gasteiger partial charge in [-0.1, -0.05) is 23.7 Å². The van der Waals surface area contributed by atoms with Crippen molar-refractivity contribution >= 4 is 11.6 Å². The Hall–Kier alpha value is -2.13. The first-order valence-corrected chi connectivity index (χ1v) is 6.25. The van der Waals surface area contributed by atoms with Gasteiger partial charge in [0, 0.05) is 18.0 Å². The van der Waals surface area contributed by atoms with E-state index in [0.29, 0.717) is 16.7 Å². The molecule has 2 heterocycles. The van der Waals surface area contributed by atoms with E-state index < -0.39 is 0 Å². The summed E-state index contributed by atoms with van der Waals surface area (Å²) in [6.07, 6.45) is 5.18. The Morgan fingerprint density at radius 2 is 1.89 bits per heavy atom. The van der Waals surface area contributed by atoms with Gasteiger partial charge in [-0.25, -0.2) is 4.98 Å². The van der Waals surface area contributed by atoms with Gasteiger partial charge in [-0.2, -0.15) is 0 Å². The highest BCUT2D eigenvalue weighted by atomic mass is 35.5. The van der Waals surface area contributed by atoms with Crippen molar-refractivity contribution in [3.05, 3.63) is 59.5 Å². The van der Waals surface area contributed by atoms with Crippen LogP contribution in [-0.4, -0.2) is 9.97 Å². The lowest BCUT2D eigenvalue weighted by Crippen LogP contribution is -1.83. The van der Waals surface area contributed by atoms with Crippen molar-refractivity contribution in [3.8, 4) is 22.8 Å². The van der Waals surface area contributed by atoms with Gasteiger partial charge in [0.25, 0.3) is 0 Å². The number of halogens is 1. The van der Waals surface area contributed by atoms with Crippen molar-refractivity contribution in [2.75, 3.05) is 0 Å². The minimum atomic E-state index is 0.556. The molecular formula is C15H11ClN2O. The Morgan fingerprint density at radius 3 is 2.68 bits per heavy atom. The van der Waals surface area contributed by atoms with Gasteiger partial charge in [-0.3, -0.25) is 4.98 Å². The number of nitrogens with zero attached hydrogens (tertiary/aromatic N) is 2. The lowest BCUT2D eigenvalue weighted by Gasteiger charge is -2.00. The molecule has 0 spiro atoms. The molecule has 3 aromatic rings. The molecule has 0 bridgehead atoms.